The summed E-state index contributed by atoms with van der Waals surface area (Å²) in [6.45, 7) is 0. The fourth-order valence-corrected chi connectivity index (χ4v) is 0.976. The van der Waals surface area contributed by atoms with Crippen LogP contribution in [0.1, 0.15) is 15.9 Å². The van der Waals surface area contributed by atoms with E-state index in [4.69, 9.17) is 15.7 Å². The highest BCUT2D eigenvalue weighted by molar-refractivity contribution is 5.94. The van der Waals surface area contributed by atoms with Crippen LogP contribution in [0.2, 0.25) is 0 Å². The molecule has 0 aliphatic rings. The number of nitrogens with zero attached hydrogens (tertiary/aromatic N) is 1. The topological polar surface area (TPSA) is 76.1 Å². The monoisotopic (exact) mass is 194 g/mol. The Balaban J connectivity index is 3.44. The Bertz CT molecular complexity index is 424. The standard InChI is InChI=1S/C9H7FN2O2/c1-14-6-2-5(4-11)8(10)7(3-6)9(12)13/h2-3H,1H3,(H2,12,13). The first-order valence-electron chi connectivity index (χ1n) is 3.67. The van der Waals surface area contributed by atoms with Gasteiger partial charge in [0.25, 0.3) is 5.91 Å². The van der Waals surface area contributed by atoms with E-state index < -0.39 is 11.7 Å². The van der Waals surface area contributed by atoms with E-state index in [1.165, 1.54) is 13.2 Å². The van der Waals surface area contributed by atoms with Crippen LogP contribution in [0.15, 0.2) is 12.1 Å². The summed E-state index contributed by atoms with van der Waals surface area (Å²) in [6.07, 6.45) is 0. The number of primary amides is 1. The molecule has 1 aromatic carbocycles. The maximum atomic E-state index is 13.3. The molecule has 0 fully saturated rings. The molecule has 1 amide bonds. The molecule has 5 heteroatoms. The predicted octanol–water partition coefficient (Wildman–Crippen LogP) is 0.805. The van der Waals surface area contributed by atoms with Gasteiger partial charge in [0.15, 0.2) is 5.82 Å². The zero-order valence-electron chi connectivity index (χ0n) is 7.37. The molecule has 0 saturated heterocycles. The summed E-state index contributed by atoms with van der Waals surface area (Å²) < 4.78 is 18.0. The number of halogens is 1. The van der Waals surface area contributed by atoms with Crippen LogP contribution in [0.5, 0.6) is 5.75 Å². The lowest BCUT2D eigenvalue weighted by Gasteiger charge is -2.04. The van der Waals surface area contributed by atoms with Crippen molar-refractivity contribution in [2.24, 2.45) is 5.73 Å². The summed E-state index contributed by atoms with van der Waals surface area (Å²) in [5.41, 5.74) is 4.31. The first-order valence-corrected chi connectivity index (χ1v) is 3.67. The van der Waals surface area contributed by atoms with Crippen molar-refractivity contribution in [1.29, 1.82) is 5.26 Å². The van der Waals surface area contributed by atoms with Crippen molar-refractivity contribution in [3.63, 3.8) is 0 Å². The van der Waals surface area contributed by atoms with Crippen LogP contribution in [0.3, 0.4) is 0 Å². The van der Waals surface area contributed by atoms with E-state index in [0.717, 1.165) is 6.07 Å². The van der Waals surface area contributed by atoms with E-state index in [1.54, 1.807) is 6.07 Å². The van der Waals surface area contributed by atoms with Gasteiger partial charge in [0.1, 0.15) is 11.8 Å². The first kappa shape index (κ1) is 9.99. The number of hydrogen-bond acceptors (Lipinski definition) is 3. The molecule has 0 unspecified atom stereocenters. The van der Waals surface area contributed by atoms with Crippen molar-refractivity contribution in [1.82, 2.24) is 0 Å². The summed E-state index contributed by atoms with van der Waals surface area (Å²) in [6, 6.07) is 3.95. The molecule has 0 saturated carbocycles. The second kappa shape index (κ2) is 3.75. The molecule has 1 aromatic rings. The number of amides is 1. The zero-order valence-corrected chi connectivity index (χ0v) is 7.37. The maximum absolute atomic E-state index is 13.3. The molecule has 0 aliphatic heterocycles. The highest BCUT2D eigenvalue weighted by atomic mass is 19.1. The molecule has 0 bridgehead atoms. The van der Waals surface area contributed by atoms with Gasteiger partial charge in [-0.1, -0.05) is 0 Å². The van der Waals surface area contributed by atoms with Crippen LogP contribution in [-0.2, 0) is 0 Å². The third kappa shape index (κ3) is 1.64. The molecule has 0 atom stereocenters. The van der Waals surface area contributed by atoms with Crippen LogP contribution < -0.4 is 10.5 Å². The fourth-order valence-electron chi connectivity index (χ4n) is 0.976. The number of ether oxygens (including phenoxy) is 1. The molecule has 0 aliphatic carbocycles. The highest BCUT2D eigenvalue weighted by Gasteiger charge is 2.14. The van der Waals surface area contributed by atoms with E-state index >= 15 is 0 Å². The van der Waals surface area contributed by atoms with Crippen LogP contribution in [0, 0.1) is 17.1 Å². The molecule has 0 radical (unpaired) electrons. The van der Waals surface area contributed by atoms with Crippen molar-refractivity contribution in [3.05, 3.63) is 29.1 Å². The molecule has 0 aromatic heterocycles. The minimum Gasteiger partial charge on any atom is -0.497 e. The van der Waals surface area contributed by atoms with E-state index in [-0.39, 0.29) is 16.9 Å². The van der Waals surface area contributed by atoms with Gasteiger partial charge in [-0.25, -0.2) is 4.39 Å². The van der Waals surface area contributed by atoms with Crippen LogP contribution in [-0.4, -0.2) is 13.0 Å². The van der Waals surface area contributed by atoms with Crippen LogP contribution in [0.25, 0.3) is 0 Å². The maximum Gasteiger partial charge on any atom is 0.251 e. The Hall–Kier alpha value is -2.09. The number of carbonyl (C=O) groups excluding carboxylic acids is 1. The van der Waals surface area contributed by atoms with Gasteiger partial charge in [-0.3, -0.25) is 4.79 Å². The number of carbonyl (C=O) groups is 1. The summed E-state index contributed by atoms with van der Waals surface area (Å²) in [7, 11) is 1.35. The second-order valence-corrected chi connectivity index (χ2v) is 2.51. The number of methoxy groups -OCH3 is 1. The van der Waals surface area contributed by atoms with Gasteiger partial charge in [-0.05, 0) is 6.07 Å². The molecular weight excluding hydrogens is 187 g/mol. The Labute approximate surface area is 79.7 Å². The Morgan fingerprint density at radius 1 is 1.64 bits per heavy atom. The average molecular weight is 194 g/mol. The largest absolute Gasteiger partial charge is 0.497 e. The van der Waals surface area contributed by atoms with Gasteiger partial charge in [0.2, 0.25) is 0 Å². The Kier molecular flexibility index (Phi) is 2.67. The van der Waals surface area contributed by atoms with Crippen molar-refractivity contribution in [3.8, 4) is 11.8 Å². The summed E-state index contributed by atoms with van der Waals surface area (Å²) in [5, 5.41) is 8.55. The van der Waals surface area contributed by atoms with Gasteiger partial charge in [-0.2, -0.15) is 5.26 Å². The molecule has 72 valence electrons. The molecule has 4 nitrogen and oxygen atoms in total. The van der Waals surface area contributed by atoms with Crippen molar-refractivity contribution in [2.75, 3.05) is 7.11 Å². The summed E-state index contributed by atoms with van der Waals surface area (Å²) in [5.74, 6) is -1.63. The fraction of sp³-hybridized carbons (Fsp3) is 0.111. The van der Waals surface area contributed by atoms with E-state index in [9.17, 15) is 9.18 Å². The summed E-state index contributed by atoms with van der Waals surface area (Å²) in [4.78, 5) is 10.8. The quantitative estimate of drug-likeness (QED) is 0.756. The highest BCUT2D eigenvalue weighted by Crippen LogP contribution is 2.20. The SMILES string of the molecule is COc1cc(C#N)c(F)c(C(N)=O)c1. The van der Waals surface area contributed by atoms with Gasteiger partial charge in [0, 0.05) is 6.07 Å². The van der Waals surface area contributed by atoms with Gasteiger partial charge < -0.3 is 10.5 Å². The molecule has 0 spiro atoms. The smallest absolute Gasteiger partial charge is 0.251 e. The third-order valence-electron chi connectivity index (χ3n) is 1.67. The van der Waals surface area contributed by atoms with E-state index in [1.807, 2.05) is 0 Å². The number of nitriles is 1. The second-order valence-electron chi connectivity index (χ2n) is 2.51. The lowest BCUT2D eigenvalue weighted by molar-refractivity contribution is 0.0996. The molecular formula is C9H7FN2O2. The number of benzene rings is 1. The van der Waals surface area contributed by atoms with Crippen molar-refractivity contribution >= 4 is 5.91 Å². The van der Waals surface area contributed by atoms with E-state index in [2.05, 4.69) is 0 Å². The lowest BCUT2D eigenvalue weighted by Crippen LogP contribution is -2.14. The number of nitrogens with two attached hydrogens (primary N) is 1. The van der Waals surface area contributed by atoms with Gasteiger partial charge in [-0.15, -0.1) is 0 Å². The number of hydrogen-bond donors (Lipinski definition) is 1. The minimum absolute atomic E-state index is 0.219. The van der Waals surface area contributed by atoms with Crippen LogP contribution in [0.4, 0.5) is 4.39 Å². The van der Waals surface area contributed by atoms with Gasteiger partial charge >= 0.3 is 0 Å². The van der Waals surface area contributed by atoms with Crippen molar-refractivity contribution < 1.29 is 13.9 Å². The predicted molar refractivity (Wildman–Crippen MR) is 46.2 cm³/mol. The molecule has 1 rings (SSSR count). The summed E-state index contributed by atoms with van der Waals surface area (Å²) >= 11 is 0. The lowest BCUT2D eigenvalue weighted by atomic mass is 10.1. The number of rotatable bonds is 2. The van der Waals surface area contributed by atoms with Crippen molar-refractivity contribution in [2.45, 2.75) is 0 Å². The third-order valence-corrected chi connectivity index (χ3v) is 1.67. The van der Waals surface area contributed by atoms with E-state index in [0.29, 0.717) is 0 Å². The average Bonchev–Trinajstić information content (AvgIpc) is 2.17. The Morgan fingerprint density at radius 2 is 2.29 bits per heavy atom. The first-order chi connectivity index (χ1) is 6.60. The van der Waals surface area contributed by atoms with Crippen LogP contribution >= 0.6 is 0 Å². The van der Waals surface area contributed by atoms with Gasteiger partial charge in [0.05, 0.1) is 18.2 Å². The Morgan fingerprint density at radius 3 is 2.71 bits per heavy atom. The molecule has 2 N–H and O–H groups in total. The normalized spacial score (nSPS) is 9.21. The molecule has 0 heterocycles. The molecule has 14 heavy (non-hydrogen) atoms. The zero-order chi connectivity index (χ0) is 10.7. The minimum atomic E-state index is -0.932.